The molecule has 0 aliphatic heterocycles. The number of hydrogen-bond donors (Lipinski definition) is 1. The van der Waals surface area contributed by atoms with E-state index in [0.29, 0.717) is 22.2 Å². The number of methoxy groups -OCH3 is 1. The van der Waals surface area contributed by atoms with Gasteiger partial charge in [-0.15, -0.1) is 11.6 Å². The average Bonchev–Trinajstić information content (AvgIpc) is 2.28. The van der Waals surface area contributed by atoms with Crippen LogP contribution in [-0.4, -0.2) is 24.4 Å². The smallest absolute Gasteiger partial charge is 0.255 e. The van der Waals surface area contributed by atoms with Gasteiger partial charge in [0.15, 0.2) is 0 Å². The van der Waals surface area contributed by atoms with Gasteiger partial charge in [0.2, 0.25) is 0 Å². The fourth-order valence-corrected chi connectivity index (χ4v) is 1.50. The molecule has 3 nitrogen and oxygen atoms in total. The van der Waals surface area contributed by atoms with E-state index < -0.39 is 5.54 Å². The minimum atomic E-state index is -0.480. The highest BCUT2D eigenvalue weighted by atomic mass is 35.5. The summed E-state index contributed by atoms with van der Waals surface area (Å²) in [6.07, 6.45) is 0. The van der Waals surface area contributed by atoms with Crippen molar-refractivity contribution in [2.45, 2.75) is 19.4 Å². The number of rotatable bonds is 4. The first-order valence-electron chi connectivity index (χ1n) is 5.11. The lowest BCUT2D eigenvalue weighted by Crippen LogP contribution is -2.45. The molecule has 94 valence electrons. The molecule has 0 aromatic heterocycles. The maximum absolute atomic E-state index is 12.0. The summed E-state index contributed by atoms with van der Waals surface area (Å²) in [5.74, 6) is 0.550. The Labute approximate surface area is 111 Å². The molecule has 17 heavy (non-hydrogen) atoms. The Balaban J connectivity index is 2.99. The molecule has 1 amide bonds. The van der Waals surface area contributed by atoms with Crippen LogP contribution < -0.4 is 10.1 Å². The number of amides is 1. The zero-order valence-corrected chi connectivity index (χ0v) is 11.5. The Morgan fingerprint density at radius 2 is 2.12 bits per heavy atom. The van der Waals surface area contributed by atoms with Crippen molar-refractivity contribution in [1.29, 1.82) is 0 Å². The number of ether oxygens (including phenoxy) is 1. The standard InChI is InChI=1S/C12H15Cl2NO2/c1-12(2,7-13)15-11(16)9-6-8(14)4-5-10(9)17-3/h4-6H,7H2,1-3H3,(H,15,16). The molecule has 0 radical (unpaired) electrons. The summed E-state index contributed by atoms with van der Waals surface area (Å²) in [7, 11) is 1.51. The van der Waals surface area contributed by atoms with Gasteiger partial charge in [-0.1, -0.05) is 11.6 Å². The van der Waals surface area contributed by atoms with Gasteiger partial charge in [-0.3, -0.25) is 4.79 Å². The maximum atomic E-state index is 12.0. The van der Waals surface area contributed by atoms with Crippen LogP contribution >= 0.6 is 23.2 Å². The lowest BCUT2D eigenvalue weighted by molar-refractivity contribution is 0.0917. The molecule has 0 heterocycles. The van der Waals surface area contributed by atoms with E-state index in [4.69, 9.17) is 27.9 Å². The Morgan fingerprint density at radius 1 is 1.47 bits per heavy atom. The maximum Gasteiger partial charge on any atom is 0.255 e. The molecule has 1 aromatic rings. The Kier molecular flexibility index (Phi) is 4.66. The number of carbonyl (C=O) groups is 1. The number of alkyl halides is 1. The zero-order chi connectivity index (χ0) is 13.1. The van der Waals surface area contributed by atoms with Gasteiger partial charge in [-0.2, -0.15) is 0 Å². The van der Waals surface area contributed by atoms with Crippen LogP contribution in [0.3, 0.4) is 0 Å². The first-order valence-corrected chi connectivity index (χ1v) is 6.03. The van der Waals surface area contributed by atoms with Crippen LogP contribution in [0.2, 0.25) is 5.02 Å². The number of benzene rings is 1. The summed E-state index contributed by atoms with van der Waals surface area (Å²) in [6.45, 7) is 3.68. The Morgan fingerprint density at radius 3 is 2.65 bits per heavy atom. The molecule has 1 aromatic carbocycles. The number of carbonyl (C=O) groups excluding carboxylic acids is 1. The molecule has 0 fully saturated rings. The molecule has 0 bridgehead atoms. The SMILES string of the molecule is COc1ccc(Cl)cc1C(=O)NC(C)(C)CCl. The van der Waals surface area contributed by atoms with Crippen molar-refractivity contribution in [1.82, 2.24) is 5.32 Å². The molecule has 0 saturated carbocycles. The van der Waals surface area contributed by atoms with E-state index in [2.05, 4.69) is 5.32 Å². The van der Waals surface area contributed by atoms with Gasteiger partial charge < -0.3 is 10.1 Å². The number of hydrogen-bond acceptors (Lipinski definition) is 2. The van der Waals surface area contributed by atoms with Crippen LogP contribution in [0.5, 0.6) is 5.75 Å². The van der Waals surface area contributed by atoms with E-state index in [1.165, 1.54) is 7.11 Å². The van der Waals surface area contributed by atoms with Crippen LogP contribution in [0.1, 0.15) is 24.2 Å². The summed E-state index contributed by atoms with van der Waals surface area (Å²) in [4.78, 5) is 12.0. The molecule has 0 saturated heterocycles. The number of halogens is 2. The third-order valence-corrected chi connectivity index (χ3v) is 3.10. The van der Waals surface area contributed by atoms with Crippen molar-refractivity contribution in [3.8, 4) is 5.75 Å². The van der Waals surface area contributed by atoms with Crippen molar-refractivity contribution in [2.24, 2.45) is 0 Å². The topological polar surface area (TPSA) is 38.3 Å². The highest BCUT2D eigenvalue weighted by Gasteiger charge is 2.22. The van der Waals surface area contributed by atoms with Crippen LogP contribution in [0.4, 0.5) is 0 Å². The van der Waals surface area contributed by atoms with Gasteiger partial charge in [0.05, 0.1) is 12.7 Å². The van der Waals surface area contributed by atoms with Crippen molar-refractivity contribution in [2.75, 3.05) is 13.0 Å². The van der Waals surface area contributed by atoms with Gasteiger partial charge >= 0.3 is 0 Å². The van der Waals surface area contributed by atoms with Gasteiger partial charge in [0, 0.05) is 16.4 Å². The summed E-state index contributed by atoms with van der Waals surface area (Å²) in [5.41, 5.74) is -0.0791. The molecule has 0 aliphatic carbocycles. The van der Waals surface area contributed by atoms with E-state index in [1.54, 1.807) is 18.2 Å². The third kappa shape index (κ3) is 3.79. The second-order valence-electron chi connectivity index (χ2n) is 4.32. The van der Waals surface area contributed by atoms with E-state index in [1.807, 2.05) is 13.8 Å². The Bertz CT molecular complexity index is 419. The first kappa shape index (κ1) is 14.1. The largest absolute Gasteiger partial charge is 0.496 e. The second kappa shape index (κ2) is 5.61. The molecule has 5 heteroatoms. The minimum absolute atomic E-state index is 0.255. The number of nitrogens with one attached hydrogen (secondary N) is 1. The predicted octanol–water partition coefficient (Wildman–Crippen LogP) is 3.10. The summed E-state index contributed by atoms with van der Waals surface area (Å²) < 4.78 is 5.12. The van der Waals surface area contributed by atoms with Crippen molar-refractivity contribution in [3.63, 3.8) is 0 Å². The van der Waals surface area contributed by atoms with E-state index >= 15 is 0 Å². The summed E-state index contributed by atoms with van der Waals surface area (Å²) in [5, 5.41) is 3.30. The molecule has 1 N–H and O–H groups in total. The van der Waals surface area contributed by atoms with Crippen molar-refractivity contribution in [3.05, 3.63) is 28.8 Å². The van der Waals surface area contributed by atoms with E-state index in [-0.39, 0.29) is 5.91 Å². The normalized spacial score (nSPS) is 11.1. The molecule has 1 rings (SSSR count). The van der Waals surface area contributed by atoms with Gasteiger partial charge in [-0.05, 0) is 32.0 Å². The quantitative estimate of drug-likeness (QED) is 0.858. The molecule has 0 unspecified atom stereocenters. The third-order valence-electron chi connectivity index (χ3n) is 2.19. The zero-order valence-electron chi connectivity index (χ0n) is 10.0. The van der Waals surface area contributed by atoms with Gasteiger partial charge in [0.1, 0.15) is 5.75 Å². The monoisotopic (exact) mass is 275 g/mol. The first-order chi connectivity index (χ1) is 7.89. The molecule has 0 aliphatic rings. The lowest BCUT2D eigenvalue weighted by atomic mass is 10.1. The van der Waals surface area contributed by atoms with Crippen molar-refractivity contribution >= 4 is 29.1 Å². The van der Waals surface area contributed by atoms with Crippen LogP contribution in [0.25, 0.3) is 0 Å². The van der Waals surface area contributed by atoms with E-state index in [0.717, 1.165) is 0 Å². The van der Waals surface area contributed by atoms with E-state index in [9.17, 15) is 4.79 Å². The van der Waals surface area contributed by atoms with Crippen molar-refractivity contribution < 1.29 is 9.53 Å². The average molecular weight is 276 g/mol. The lowest BCUT2D eigenvalue weighted by Gasteiger charge is -2.23. The second-order valence-corrected chi connectivity index (χ2v) is 5.02. The Hall–Kier alpha value is -0.930. The fourth-order valence-electron chi connectivity index (χ4n) is 1.27. The fraction of sp³-hybridized carbons (Fsp3) is 0.417. The van der Waals surface area contributed by atoms with Gasteiger partial charge in [0.25, 0.3) is 5.91 Å². The summed E-state index contributed by atoms with van der Waals surface area (Å²) >= 11 is 11.6. The highest BCUT2D eigenvalue weighted by Crippen LogP contribution is 2.23. The summed E-state index contributed by atoms with van der Waals surface area (Å²) in [6, 6.07) is 4.90. The molecular formula is C12H15Cl2NO2. The van der Waals surface area contributed by atoms with Gasteiger partial charge in [-0.25, -0.2) is 0 Å². The minimum Gasteiger partial charge on any atom is -0.496 e. The molecule has 0 atom stereocenters. The predicted molar refractivity (Wildman–Crippen MR) is 70.3 cm³/mol. The van der Waals surface area contributed by atoms with Crippen LogP contribution in [-0.2, 0) is 0 Å². The molecular weight excluding hydrogens is 261 g/mol. The van der Waals surface area contributed by atoms with Crippen LogP contribution in [0, 0.1) is 0 Å². The van der Waals surface area contributed by atoms with Crippen LogP contribution in [0.15, 0.2) is 18.2 Å². The highest BCUT2D eigenvalue weighted by molar-refractivity contribution is 6.31. The molecule has 0 spiro atoms.